The van der Waals surface area contributed by atoms with Gasteiger partial charge >= 0.3 is 18.0 Å². The maximum Gasteiger partial charge on any atom is 0.407 e. The Morgan fingerprint density at radius 3 is 2.20 bits per heavy atom. The number of aryl methyl sites for hydroxylation is 1. The van der Waals surface area contributed by atoms with Crippen LogP contribution in [0.15, 0.2) is 42.5 Å². The van der Waals surface area contributed by atoms with Crippen molar-refractivity contribution in [3.8, 4) is 11.1 Å². The van der Waals surface area contributed by atoms with Crippen molar-refractivity contribution in [2.45, 2.75) is 71.4 Å². The topological polar surface area (TPSA) is 131 Å². The number of rotatable bonds is 9. The molecule has 0 spiro atoms. The molecule has 2 amide bonds. The molecule has 9 heteroatoms. The smallest absolute Gasteiger partial charge is 0.407 e. The Morgan fingerprint density at radius 2 is 1.65 bits per heavy atom. The molecule has 2 aromatic rings. The number of aliphatic carboxylic acids is 1. The first-order chi connectivity index (χ1) is 18.9. The standard InChI is InChI=1S/C31H40N2O7/c1-19-16-24(29(37)39-5)14-15-25(19)22-10-6-20(7-11-22)17-26(28(35)36)33-27(34)23-12-8-21(9-13-23)18-32-30(38)40-31(2,3)4/h6-7,10-11,14-16,21,23,26H,8-9,12-13,17-18H2,1-5H3,(H,32,38)(H,33,34)(H,35,36). The van der Waals surface area contributed by atoms with Crippen LogP contribution in [0.3, 0.4) is 0 Å². The fourth-order valence-electron chi connectivity index (χ4n) is 4.95. The van der Waals surface area contributed by atoms with Crippen LogP contribution in [-0.2, 0) is 25.5 Å². The maximum absolute atomic E-state index is 12.9. The van der Waals surface area contributed by atoms with E-state index in [4.69, 9.17) is 9.47 Å². The normalized spacial score (nSPS) is 17.8. The molecular formula is C31H40N2O7. The number of benzene rings is 2. The highest BCUT2D eigenvalue weighted by Crippen LogP contribution is 2.29. The van der Waals surface area contributed by atoms with Gasteiger partial charge < -0.3 is 25.2 Å². The molecule has 3 N–H and O–H groups in total. The van der Waals surface area contributed by atoms with Crippen molar-refractivity contribution in [2.24, 2.45) is 11.8 Å². The Morgan fingerprint density at radius 1 is 1.00 bits per heavy atom. The number of carbonyl (C=O) groups excluding carboxylic acids is 3. The van der Waals surface area contributed by atoms with Crippen LogP contribution in [0.1, 0.15) is 67.9 Å². The average Bonchev–Trinajstić information content (AvgIpc) is 2.90. The van der Waals surface area contributed by atoms with Gasteiger partial charge in [-0.2, -0.15) is 0 Å². The maximum atomic E-state index is 12.9. The zero-order valence-electron chi connectivity index (χ0n) is 23.9. The van der Waals surface area contributed by atoms with Crippen LogP contribution in [-0.4, -0.2) is 54.3 Å². The SMILES string of the molecule is COC(=O)c1ccc(-c2ccc(CC(NC(=O)C3CCC(CNC(=O)OC(C)(C)C)CC3)C(=O)O)cc2)c(C)c1. The number of alkyl carbamates (subject to hydrolysis) is 1. The molecule has 1 aliphatic rings. The van der Waals surface area contributed by atoms with Gasteiger partial charge in [0.2, 0.25) is 5.91 Å². The average molecular weight is 553 g/mol. The first-order valence-electron chi connectivity index (χ1n) is 13.6. The molecule has 1 unspecified atom stereocenters. The zero-order chi connectivity index (χ0) is 29.4. The lowest BCUT2D eigenvalue weighted by molar-refractivity contribution is -0.142. The summed E-state index contributed by atoms with van der Waals surface area (Å²) in [4.78, 5) is 48.5. The van der Waals surface area contributed by atoms with Crippen molar-refractivity contribution < 1.29 is 33.8 Å². The summed E-state index contributed by atoms with van der Waals surface area (Å²) in [6, 6.07) is 11.8. The molecule has 40 heavy (non-hydrogen) atoms. The van der Waals surface area contributed by atoms with Crippen molar-refractivity contribution in [1.29, 1.82) is 0 Å². The van der Waals surface area contributed by atoms with E-state index in [9.17, 15) is 24.3 Å². The Balaban J connectivity index is 1.52. The largest absolute Gasteiger partial charge is 0.480 e. The van der Waals surface area contributed by atoms with Gasteiger partial charge in [-0.3, -0.25) is 4.79 Å². The molecule has 0 aliphatic heterocycles. The van der Waals surface area contributed by atoms with Crippen molar-refractivity contribution in [1.82, 2.24) is 10.6 Å². The van der Waals surface area contributed by atoms with Crippen LogP contribution in [0.2, 0.25) is 0 Å². The predicted octanol–water partition coefficient (Wildman–Crippen LogP) is 4.89. The van der Waals surface area contributed by atoms with Crippen molar-refractivity contribution in [3.63, 3.8) is 0 Å². The monoisotopic (exact) mass is 552 g/mol. The van der Waals surface area contributed by atoms with Crippen molar-refractivity contribution >= 4 is 23.9 Å². The second-order valence-corrected chi connectivity index (χ2v) is 11.4. The van der Waals surface area contributed by atoms with E-state index in [1.807, 2.05) is 58.0 Å². The van der Waals surface area contributed by atoms with E-state index >= 15 is 0 Å². The molecule has 1 atom stereocenters. The van der Waals surface area contributed by atoms with Gasteiger partial charge in [0.25, 0.3) is 0 Å². The van der Waals surface area contributed by atoms with E-state index in [0.717, 1.165) is 35.1 Å². The molecular weight excluding hydrogens is 512 g/mol. The van der Waals surface area contributed by atoms with Crippen molar-refractivity contribution in [3.05, 3.63) is 59.2 Å². The Labute approximate surface area is 235 Å². The van der Waals surface area contributed by atoms with E-state index in [2.05, 4.69) is 10.6 Å². The molecule has 2 aromatic carbocycles. The number of carboxylic acid groups (broad SMARTS) is 1. The minimum atomic E-state index is -1.08. The summed E-state index contributed by atoms with van der Waals surface area (Å²) in [5.74, 6) is -1.72. The number of esters is 1. The summed E-state index contributed by atoms with van der Waals surface area (Å²) < 4.78 is 10.0. The van der Waals surface area contributed by atoms with Crippen LogP contribution >= 0.6 is 0 Å². The number of nitrogens with one attached hydrogen (secondary N) is 2. The Bertz CT molecular complexity index is 1210. The van der Waals surface area contributed by atoms with E-state index in [1.54, 1.807) is 12.1 Å². The Kier molecular flexibility index (Phi) is 10.3. The third-order valence-corrected chi connectivity index (χ3v) is 7.12. The molecule has 1 aliphatic carbocycles. The molecule has 0 radical (unpaired) electrons. The molecule has 0 saturated heterocycles. The Hall–Kier alpha value is -3.88. The van der Waals surface area contributed by atoms with Crippen LogP contribution in [0.4, 0.5) is 4.79 Å². The minimum absolute atomic E-state index is 0.163. The third kappa shape index (κ3) is 8.83. The lowest BCUT2D eigenvalue weighted by Crippen LogP contribution is -2.46. The lowest BCUT2D eigenvalue weighted by Gasteiger charge is -2.29. The van der Waals surface area contributed by atoms with E-state index in [1.165, 1.54) is 7.11 Å². The summed E-state index contributed by atoms with van der Waals surface area (Å²) in [6.45, 7) is 7.84. The molecule has 3 rings (SSSR count). The minimum Gasteiger partial charge on any atom is -0.480 e. The molecule has 1 fully saturated rings. The molecule has 0 heterocycles. The van der Waals surface area contributed by atoms with Gasteiger partial charge in [-0.1, -0.05) is 30.3 Å². The zero-order valence-corrected chi connectivity index (χ0v) is 23.9. The number of carboxylic acids is 1. The summed E-state index contributed by atoms with van der Waals surface area (Å²) in [6.07, 6.45) is 2.54. The fourth-order valence-corrected chi connectivity index (χ4v) is 4.95. The summed E-state index contributed by atoms with van der Waals surface area (Å²) in [5.41, 5.74) is 3.52. The number of amides is 2. The quantitative estimate of drug-likeness (QED) is 0.378. The van der Waals surface area contributed by atoms with Gasteiger partial charge in [0.1, 0.15) is 11.6 Å². The van der Waals surface area contributed by atoms with Gasteiger partial charge in [-0.25, -0.2) is 14.4 Å². The first-order valence-corrected chi connectivity index (χ1v) is 13.6. The number of hydrogen-bond acceptors (Lipinski definition) is 6. The second kappa shape index (κ2) is 13.5. The number of hydrogen-bond donors (Lipinski definition) is 3. The van der Waals surface area contributed by atoms with Gasteiger partial charge in [0.05, 0.1) is 12.7 Å². The van der Waals surface area contributed by atoms with Gasteiger partial charge in [0, 0.05) is 18.9 Å². The van der Waals surface area contributed by atoms with Crippen LogP contribution in [0, 0.1) is 18.8 Å². The molecule has 216 valence electrons. The summed E-state index contributed by atoms with van der Waals surface area (Å²) >= 11 is 0. The fraction of sp³-hybridized carbons (Fsp3) is 0.484. The van der Waals surface area contributed by atoms with Crippen molar-refractivity contribution in [2.75, 3.05) is 13.7 Å². The van der Waals surface area contributed by atoms with E-state index in [0.29, 0.717) is 24.9 Å². The molecule has 9 nitrogen and oxygen atoms in total. The highest BCUT2D eigenvalue weighted by Gasteiger charge is 2.30. The number of ether oxygens (including phenoxy) is 2. The summed E-state index contributed by atoms with van der Waals surface area (Å²) in [5, 5.41) is 15.3. The van der Waals surface area contributed by atoms with Crippen LogP contribution in [0.25, 0.3) is 11.1 Å². The number of methoxy groups -OCH3 is 1. The van der Waals surface area contributed by atoms with Gasteiger partial charge in [-0.15, -0.1) is 0 Å². The lowest BCUT2D eigenvalue weighted by atomic mass is 9.81. The van der Waals surface area contributed by atoms with Gasteiger partial charge in [-0.05, 0) is 93.7 Å². The first kappa shape index (κ1) is 30.7. The molecule has 0 bridgehead atoms. The number of carbonyl (C=O) groups is 4. The third-order valence-electron chi connectivity index (χ3n) is 7.12. The highest BCUT2D eigenvalue weighted by atomic mass is 16.6. The highest BCUT2D eigenvalue weighted by molar-refractivity contribution is 5.90. The van der Waals surface area contributed by atoms with Gasteiger partial charge in [0.15, 0.2) is 0 Å². The second-order valence-electron chi connectivity index (χ2n) is 11.4. The summed E-state index contributed by atoms with van der Waals surface area (Å²) in [7, 11) is 1.34. The van der Waals surface area contributed by atoms with Crippen LogP contribution in [0.5, 0.6) is 0 Å². The predicted molar refractivity (Wildman–Crippen MR) is 151 cm³/mol. The molecule has 1 saturated carbocycles. The van der Waals surface area contributed by atoms with Crippen LogP contribution < -0.4 is 10.6 Å². The molecule has 0 aromatic heterocycles. The van der Waals surface area contributed by atoms with E-state index < -0.39 is 29.7 Å². The van der Waals surface area contributed by atoms with E-state index in [-0.39, 0.29) is 24.2 Å².